The summed E-state index contributed by atoms with van der Waals surface area (Å²) in [7, 11) is 0. The van der Waals surface area contributed by atoms with Gasteiger partial charge in [0.15, 0.2) is 0 Å². The lowest BCUT2D eigenvalue weighted by atomic mass is 10.1. The molecule has 1 aromatic carbocycles. The van der Waals surface area contributed by atoms with Gasteiger partial charge >= 0.3 is 0 Å². The van der Waals surface area contributed by atoms with Crippen LogP contribution >= 0.6 is 0 Å². The predicted octanol–water partition coefficient (Wildman–Crippen LogP) is 3.28. The van der Waals surface area contributed by atoms with Crippen LogP contribution in [-0.2, 0) is 6.42 Å². The summed E-state index contributed by atoms with van der Waals surface area (Å²) in [5.74, 6) is 0.406. The molecule has 0 aliphatic heterocycles. The summed E-state index contributed by atoms with van der Waals surface area (Å²) in [4.78, 5) is 20.4. The molecular weight excluding hydrogens is 264 g/mol. The number of allylic oxidation sites excluding steroid dienone is 1. The monoisotopic (exact) mass is 282 g/mol. The molecule has 21 heavy (non-hydrogen) atoms. The average Bonchev–Trinajstić information content (AvgIpc) is 2.46. The van der Waals surface area contributed by atoms with Crippen molar-refractivity contribution in [3.05, 3.63) is 59.7 Å². The van der Waals surface area contributed by atoms with Gasteiger partial charge in [-0.1, -0.05) is 32.0 Å². The van der Waals surface area contributed by atoms with Gasteiger partial charge in [-0.2, -0.15) is 0 Å². The first-order valence-corrected chi connectivity index (χ1v) is 6.87. The van der Waals surface area contributed by atoms with E-state index in [-0.39, 0.29) is 11.5 Å². The SMILES string of the molecule is CC(C)Cc1cnc(C(=O)/C=C/c2ccccc2O)cn1. The summed E-state index contributed by atoms with van der Waals surface area (Å²) in [6.45, 7) is 4.21. The highest BCUT2D eigenvalue weighted by atomic mass is 16.3. The van der Waals surface area contributed by atoms with Gasteiger partial charge in [0, 0.05) is 11.8 Å². The number of nitrogens with zero attached hydrogens (tertiary/aromatic N) is 2. The first-order valence-electron chi connectivity index (χ1n) is 6.87. The zero-order valence-corrected chi connectivity index (χ0v) is 12.2. The third kappa shape index (κ3) is 4.24. The van der Waals surface area contributed by atoms with Crippen LogP contribution in [0.3, 0.4) is 0 Å². The van der Waals surface area contributed by atoms with E-state index in [0.717, 1.165) is 12.1 Å². The minimum Gasteiger partial charge on any atom is -0.507 e. The second kappa shape index (κ2) is 6.79. The van der Waals surface area contributed by atoms with Gasteiger partial charge in [0.2, 0.25) is 5.78 Å². The van der Waals surface area contributed by atoms with Crippen LogP contribution < -0.4 is 0 Å². The van der Waals surface area contributed by atoms with Crippen molar-refractivity contribution in [2.24, 2.45) is 5.92 Å². The van der Waals surface area contributed by atoms with Crippen LogP contribution in [-0.4, -0.2) is 20.9 Å². The number of ketones is 1. The number of phenols is 1. The topological polar surface area (TPSA) is 63.1 Å². The molecule has 0 radical (unpaired) electrons. The molecule has 0 saturated carbocycles. The van der Waals surface area contributed by atoms with Gasteiger partial charge in [0.25, 0.3) is 0 Å². The molecule has 1 N–H and O–H groups in total. The maximum absolute atomic E-state index is 12.0. The normalized spacial score (nSPS) is 11.2. The Morgan fingerprint density at radius 3 is 2.62 bits per heavy atom. The van der Waals surface area contributed by atoms with Crippen molar-refractivity contribution in [3.8, 4) is 5.75 Å². The molecule has 0 atom stereocenters. The number of benzene rings is 1. The number of aromatic hydroxyl groups is 1. The fraction of sp³-hybridized carbons (Fsp3) is 0.235. The fourth-order valence-electron chi connectivity index (χ4n) is 1.89. The highest BCUT2D eigenvalue weighted by molar-refractivity contribution is 6.05. The zero-order valence-electron chi connectivity index (χ0n) is 12.2. The number of hydrogen-bond donors (Lipinski definition) is 1. The van der Waals surface area contributed by atoms with Crippen molar-refractivity contribution < 1.29 is 9.90 Å². The maximum atomic E-state index is 12.0. The van der Waals surface area contributed by atoms with Gasteiger partial charge in [-0.05, 0) is 30.6 Å². The first-order chi connectivity index (χ1) is 10.1. The highest BCUT2D eigenvalue weighted by Gasteiger charge is 2.06. The number of para-hydroxylation sites is 1. The standard InChI is InChI=1S/C17H18N2O2/c1-12(2)9-14-10-19-15(11-18-14)17(21)8-7-13-5-3-4-6-16(13)20/h3-8,10-12,20H,9H2,1-2H3/b8-7+. The van der Waals surface area contributed by atoms with Crippen molar-refractivity contribution in [1.82, 2.24) is 9.97 Å². The highest BCUT2D eigenvalue weighted by Crippen LogP contribution is 2.17. The lowest BCUT2D eigenvalue weighted by Gasteiger charge is -2.03. The molecule has 1 heterocycles. The third-order valence-corrected chi connectivity index (χ3v) is 2.93. The number of rotatable bonds is 5. The summed E-state index contributed by atoms with van der Waals surface area (Å²) in [6, 6.07) is 6.83. The fourth-order valence-corrected chi connectivity index (χ4v) is 1.89. The zero-order chi connectivity index (χ0) is 15.2. The van der Waals surface area contributed by atoms with Gasteiger partial charge < -0.3 is 5.11 Å². The van der Waals surface area contributed by atoms with Crippen LogP contribution in [0.5, 0.6) is 5.75 Å². The number of aromatic nitrogens is 2. The lowest BCUT2D eigenvalue weighted by molar-refractivity contribution is 0.104. The number of carbonyl (C=O) groups is 1. The van der Waals surface area contributed by atoms with Crippen molar-refractivity contribution in [3.63, 3.8) is 0 Å². The molecule has 4 heteroatoms. The number of phenolic OH excluding ortho intramolecular Hbond substituents is 1. The van der Waals surface area contributed by atoms with Crippen molar-refractivity contribution in [2.75, 3.05) is 0 Å². The van der Waals surface area contributed by atoms with Crippen LogP contribution in [0.15, 0.2) is 42.7 Å². The van der Waals surface area contributed by atoms with Crippen LogP contribution in [0.4, 0.5) is 0 Å². The van der Waals surface area contributed by atoms with Gasteiger partial charge in [-0.3, -0.25) is 9.78 Å². The molecule has 108 valence electrons. The molecule has 0 fully saturated rings. The van der Waals surface area contributed by atoms with Gasteiger partial charge in [-0.25, -0.2) is 4.98 Å². The Labute approximate surface area is 124 Å². The summed E-state index contributed by atoms with van der Waals surface area (Å²) in [5.41, 5.74) is 1.77. The molecule has 0 aliphatic rings. The molecule has 2 aromatic rings. The van der Waals surface area contributed by atoms with E-state index in [1.165, 1.54) is 12.3 Å². The Morgan fingerprint density at radius 1 is 1.24 bits per heavy atom. The van der Waals surface area contributed by atoms with E-state index < -0.39 is 0 Å². The molecule has 0 unspecified atom stereocenters. The number of carbonyl (C=O) groups excluding carboxylic acids is 1. The Bertz CT molecular complexity index is 646. The summed E-state index contributed by atoms with van der Waals surface area (Å²) < 4.78 is 0. The maximum Gasteiger partial charge on any atom is 0.205 e. The summed E-state index contributed by atoms with van der Waals surface area (Å²) >= 11 is 0. The van der Waals surface area contributed by atoms with E-state index in [2.05, 4.69) is 23.8 Å². The molecule has 0 amide bonds. The lowest BCUT2D eigenvalue weighted by Crippen LogP contribution is -2.03. The van der Waals surface area contributed by atoms with Crippen LogP contribution in [0.1, 0.15) is 35.6 Å². The summed E-state index contributed by atoms with van der Waals surface area (Å²) in [5, 5.41) is 9.62. The van der Waals surface area contributed by atoms with E-state index >= 15 is 0 Å². The van der Waals surface area contributed by atoms with E-state index in [4.69, 9.17) is 0 Å². The molecule has 2 rings (SSSR count). The van der Waals surface area contributed by atoms with Crippen LogP contribution in [0, 0.1) is 5.92 Å². The predicted molar refractivity (Wildman–Crippen MR) is 82.0 cm³/mol. The minimum atomic E-state index is -0.234. The average molecular weight is 282 g/mol. The van der Waals surface area contributed by atoms with Crippen LogP contribution in [0.2, 0.25) is 0 Å². The third-order valence-electron chi connectivity index (χ3n) is 2.93. The molecule has 0 spiro atoms. The van der Waals surface area contributed by atoms with E-state index in [1.807, 2.05) is 0 Å². The van der Waals surface area contributed by atoms with E-state index in [9.17, 15) is 9.90 Å². The van der Waals surface area contributed by atoms with Gasteiger partial charge in [-0.15, -0.1) is 0 Å². The number of hydrogen-bond acceptors (Lipinski definition) is 4. The summed E-state index contributed by atoms with van der Waals surface area (Å²) in [6.07, 6.45) is 6.94. The van der Waals surface area contributed by atoms with E-state index in [1.54, 1.807) is 36.5 Å². The Hall–Kier alpha value is -2.49. The second-order valence-corrected chi connectivity index (χ2v) is 5.25. The van der Waals surface area contributed by atoms with E-state index in [0.29, 0.717) is 17.2 Å². The Kier molecular flexibility index (Phi) is 4.82. The van der Waals surface area contributed by atoms with Gasteiger partial charge in [0.1, 0.15) is 11.4 Å². The largest absolute Gasteiger partial charge is 0.507 e. The molecule has 0 aliphatic carbocycles. The quantitative estimate of drug-likeness (QED) is 0.675. The van der Waals surface area contributed by atoms with Crippen LogP contribution in [0.25, 0.3) is 6.08 Å². The minimum absolute atomic E-state index is 0.139. The Morgan fingerprint density at radius 2 is 2.00 bits per heavy atom. The van der Waals surface area contributed by atoms with Crippen molar-refractivity contribution in [1.29, 1.82) is 0 Å². The van der Waals surface area contributed by atoms with Crippen molar-refractivity contribution in [2.45, 2.75) is 20.3 Å². The molecule has 0 saturated heterocycles. The van der Waals surface area contributed by atoms with Gasteiger partial charge in [0.05, 0.1) is 11.9 Å². The molecule has 1 aromatic heterocycles. The van der Waals surface area contributed by atoms with Crippen molar-refractivity contribution >= 4 is 11.9 Å². The second-order valence-electron chi connectivity index (χ2n) is 5.25. The molecule has 0 bridgehead atoms. The molecular formula is C17H18N2O2. The Balaban J connectivity index is 2.08. The smallest absolute Gasteiger partial charge is 0.205 e. The first kappa shape index (κ1) is 14.9. The molecule has 4 nitrogen and oxygen atoms in total.